The van der Waals surface area contributed by atoms with Crippen LogP contribution in [0.5, 0.6) is 11.5 Å². The van der Waals surface area contributed by atoms with Gasteiger partial charge in [0.25, 0.3) is 0 Å². The summed E-state index contributed by atoms with van der Waals surface area (Å²) < 4.78 is 10.4. The van der Waals surface area contributed by atoms with Crippen LogP contribution >= 0.6 is 0 Å². The Morgan fingerprint density at radius 3 is 2.42 bits per heavy atom. The number of nitrogens with one attached hydrogen (secondary N) is 1. The molecule has 0 bridgehead atoms. The highest BCUT2D eigenvalue weighted by Crippen LogP contribution is 2.28. The van der Waals surface area contributed by atoms with E-state index in [2.05, 4.69) is 5.32 Å². The zero-order valence-electron chi connectivity index (χ0n) is 13.3. The molecule has 0 unspecified atom stereocenters. The molecule has 0 aliphatic carbocycles. The number of hydrogen-bond acceptors (Lipinski definition) is 5. The Balaban J connectivity index is 2.03. The highest BCUT2D eigenvalue weighted by Gasteiger charge is 2.12. The minimum Gasteiger partial charge on any atom is -0.493 e. The van der Waals surface area contributed by atoms with Gasteiger partial charge in [-0.25, -0.2) is 0 Å². The summed E-state index contributed by atoms with van der Waals surface area (Å²) in [5.41, 5.74) is 1.83. The number of ether oxygens (including phenoxy) is 2. The van der Waals surface area contributed by atoms with Gasteiger partial charge in [-0.05, 0) is 29.8 Å². The zero-order valence-corrected chi connectivity index (χ0v) is 13.3. The summed E-state index contributed by atoms with van der Waals surface area (Å²) >= 11 is 0. The Kier molecular flexibility index (Phi) is 5.53. The fraction of sp³-hybridized carbons (Fsp3) is 0.167. The third kappa shape index (κ3) is 4.58. The quantitative estimate of drug-likeness (QED) is 0.675. The minimum absolute atomic E-state index is 0.0729. The maximum Gasteiger partial charge on any atom is 0.315 e. The topological polar surface area (TPSA) is 88.4 Å². The zero-order chi connectivity index (χ0) is 17.5. The summed E-state index contributed by atoms with van der Waals surface area (Å²) in [5, 5.41) is 11.5. The third-order valence-electron chi connectivity index (χ3n) is 3.14. The number of carbonyl (C=O) groups excluding carboxylic acids is 2. The molecule has 0 fully saturated rings. The fourth-order valence-corrected chi connectivity index (χ4v) is 2.06. The third-order valence-corrected chi connectivity index (χ3v) is 3.14. The molecule has 24 heavy (non-hydrogen) atoms. The Morgan fingerprint density at radius 1 is 1.12 bits per heavy atom. The second kappa shape index (κ2) is 7.79. The number of carbonyl (C=O) groups is 2. The fourth-order valence-electron chi connectivity index (χ4n) is 2.06. The lowest BCUT2D eigenvalue weighted by Crippen LogP contribution is -2.12. The summed E-state index contributed by atoms with van der Waals surface area (Å²) in [6.07, 6.45) is 0.0729. The molecule has 2 rings (SSSR count). The van der Waals surface area contributed by atoms with E-state index in [9.17, 15) is 9.59 Å². The van der Waals surface area contributed by atoms with E-state index in [0.717, 1.165) is 5.56 Å². The van der Waals surface area contributed by atoms with E-state index in [0.29, 0.717) is 17.0 Å². The van der Waals surface area contributed by atoms with Crippen LogP contribution in [0.3, 0.4) is 0 Å². The molecule has 6 heteroatoms. The summed E-state index contributed by atoms with van der Waals surface area (Å²) in [4.78, 5) is 23.0. The maximum atomic E-state index is 12.1. The number of hydrogen-bond donors (Lipinski definition) is 1. The van der Waals surface area contributed by atoms with Crippen molar-refractivity contribution in [2.45, 2.75) is 13.3 Å². The average Bonchev–Trinajstić information content (AvgIpc) is 2.56. The number of rotatable bonds is 5. The summed E-state index contributed by atoms with van der Waals surface area (Å²) in [7, 11) is 1.44. The number of amides is 1. The van der Waals surface area contributed by atoms with Crippen LogP contribution in [0.1, 0.15) is 18.1 Å². The molecule has 2 aromatic carbocycles. The summed E-state index contributed by atoms with van der Waals surface area (Å²) in [6.45, 7) is 1.43. The van der Waals surface area contributed by atoms with Crippen molar-refractivity contribution >= 4 is 17.6 Å². The molecular formula is C18H16N2O4. The van der Waals surface area contributed by atoms with Gasteiger partial charge in [0.1, 0.15) is 0 Å². The highest BCUT2D eigenvalue weighted by molar-refractivity contribution is 5.88. The lowest BCUT2D eigenvalue weighted by molar-refractivity contribution is -0.133. The van der Waals surface area contributed by atoms with E-state index in [1.807, 2.05) is 6.07 Å². The number of esters is 1. The van der Waals surface area contributed by atoms with Gasteiger partial charge in [-0.1, -0.05) is 12.1 Å². The first kappa shape index (κ1) is 17.0. The Morgan fingerprint density at radius 2 is 1.83 bits per heavy atom. The van der Waals surface area contributed by atoms with Gasteiger partial charge in [-0.3, -0.25) is 9.59 Å². The van der Waals surface area contributed by atoms with E-state index >= 15 is 0 Å². The molecule has 0 spiro atoms. The van der Waals surface area contributed by atoms with Crippen molar-refractivity contribution in [3.8, 4) is 17.6 Å². The summed E-state index contributed by atoms with van der Waals surface area (Å²) in [6, 6.07) is 13.5. The van der Waals surface area contributed by atoms with Crippen molar-refractivity contribution in [2.75, 3.05) is 12.4 Å². The molecule has 122 valence electrons. The van der Waals surface area contributed by atoms with Crippen LogP contribution in [-0.2, 0) is 16.0 Å². The van der Waals surface area contributed by atoms with Gasteiger partial charge in [0.2, 0.25) is 5.91 Å². The second-order valence-electron chi connectivity index (χ2n) is 5.01. The molecular weight excluding hydrogens is 308 g/mol. The molecule has 0 aromatic heterocycles. The highest BCUT2D eigenvalue weighted by atomic mass is 16.6. The molecule has 0 heterocycles. The number of benzene rings is 2. The number of methoxy groups -OCH3 is 1. The van der Waals surface area contributed by atoms with Gasteiger partial charge in [-0.15, -0.1) is 0 Å². The van der Waals surface area contributed by atoms with Gasteiger partial charge in [0.05, 0.1) is 25.2 Å². The molecule has 2 aromatic rings. The van der Waals surface area contributed by atoms with Gasteiger partial charge in [0, 0.05) is 18.7 Å². The van der Waals surface area contributed by atoms with Crippen molar-refractivity contribution in [1.82, 2.24) is 0 Å². The first-order valence-electron chi connectivity index (χ1n) is 7.17. The SMILES string of the molecule is COc1cc(C#N)ccc1OC(=O)Cc1ccc(NC(C)=O)cc1. The normalized spacial score (nSPS) is 9.71. The Hall–Kier alpha value is -3.33. The van der Waals surface area contributed by atoms with Crippen molar-refractivity contribution in [1.29, 1.82) is 5.26 Å². The number of nitrogens with zero attached hydrogens (tertiary/aromatic N) is 1. The first-order valence-corrected chi connectivity index (χ1v) is 7.17. The van der Waals surface area contributed by atoms with Gasteiger partial charge in [-0.2, -0.15) is 5.26 Å². The van der Waals surface area contributed by atoms with E-state index in [-0.39, 0.29) is 18.1 Å². The van der Waals surface area contributed by atoms with Crippen LogP contribution in [0.4, 0.5) is 5.69 Å². The monoisotopic (exact) mass is 324 g/mol. The predicted molar refractivity (Wildman–Crippen MR) is 87.8 cm³/mol. The van der Waals surface area contributed by atoms with Crippen molar-refractivity contribution in [3.63, 3.8) is 0 Å². The molecule has 1 amide bonds. The van der Waals surface area contributed by atoms with Crippen LogP contribution < -0.4 is 14.8 Å². The molecule has 0 atom stereocenters. The Bertz CT molecular complexity index is 792. The van der Waals surface area contributed by atoms with Gasteiger partial charge < -0.3 is 14.8 Å². The van der Waals surface area contributed by atoms with Crippen molar-refractivity contribution < 1.29 is 19.1 Å². The van der Waals surface area contributed by atoms with Crippen LogP contribution in [0.15, 0.2) is 42.5 Å². The average molecular weight is 324 g/mol. The number of anilines is 1. The summed E-state index contributed by atoms with van der Waals surface area (Å²) in [5.74, 6) is -0.0277. The van der Waals surface area contributed by atoms with Crippen LogP contribution in [0.2, 0.25) is 0 Å². The lowest BCUT2D eigenvalue weighted by Gasteiger charge is -2.09. The lowest BCUT2D eigenvalue weighted by atomic mass is 10.1. The van der Waals surface area contributed by atoms with Crippen molar-refractivity contribution in [2.24, 2.45) is 0 Å². The van der Waals surface area contributed by atoms with Crippen LogP contribution in [0.25, 0.3) is 0 Å². The number of nitriles is 1. The maximum absolute atomic E-state index is 12.1. The predicted octanol–water partition coefficient (Wildman–Crippen LogP) is 2.67. The van der Waals surface area contributed by atoms with Gasteiger partial charge in [0.15, 0.2) is 11.5 Å². The molecule has 0 aliphatic rings. The van der Waals surface area contributed by atoms with E-state index < -0.39 is 5.97 Å². The van der Waals surface area contributed by atoms with Crippen LogP contribution in [-0.4, -0.2) is 19.0 Å². The molecule has 1 N–H and O–H groups in total. The van der Waals surface area contributed by atoms with Gasteiger partial charge >= 0.3 is 5.97 Å². The standard InChI is InChI=1S/C18H16N2O4/c1-12(21)20-15-6-3-13(4-7-15)10-18(22)24-16-8-5-14(11-19)9-17(16)23-2/h3-9H,10H2,1-2H3,(H,20,21). The molecule has 0 aliphatic heterocycles. The largest absolute Gasteiger partial charge is 0.493 e. The smallest absolute Gasteiger partial charge is 0.315 e. The molecule has 0 saturated carbocycles. The second-order valence-corrected chi connectivity index (χ2v) is 5.01. The molecule has 0 saturated heterocycles. The first-order chi connectivity index (χ1) is 11.5. The molecule has 0 radical (unpaired) electrons. The Labute approximate surface area is 139 Å². The minimum atomic E-state index is -0.453. The van der Waals surface area contributed by atoms with Crippen molar-refractivity contribution in [3.05, 3.63) is 53.6 Å². The van der Waals surface area contributed by atoms with E-state index in [1.54, 1.807) is 30.3 Å². The van der Waals surface area contributed by atoms with Crippen LogP contribution in [0, 0.1) is 11.3 Å². The van der Waals surface area contributed by atoms with E-state index in [1.165, 1.54) is 26.2 Å². The molecule has 6 nitrogen and oxygen atoms in total. The van der Waals surface area contributed by atoms with E-state index in [4.69, 9.17) is 14.7 Å².